The molecular formula is C11H14N2O5S. The number of phenols is 1. The molecule has 8 heteroatoms. The topological polar surface area (TPSA) is 127 Å². The summed E-state index contributed by atoms with van der Waals surface area (Å²) in [4.78, 5) is 6.02. The Hall–Kier alpha value is -1.90. The number of phenolic OH excluding ortho intramolecular Hbond substituents is 1. The van der Waals surface area contributed by atoms with Gasteiger partial charge in [0.25, 0.3) is 0 Å². The fourth-order valence-corrected chi connectivity index (χ4v) is 1.60. The Morgan fingerprint density at radius 1 is 1.42 bits per heavy atom. The number of hydrogen-bond acceptors (Lipinski definition) is 4. The average molecular weight is 286 g/mol. The molecule has 7 nitrogen and oxygen atoms in total. The van der Waals surface area contributed by atoms with Gasteiger partial charge in [0.05, 0.1) is 0 Å². The Balaban J connectivity index is 0.000000312. The summed E-state index contributed by atoms with van der Waals surface area (Å²) in [5.74, 6) is 0.306. The van der Waals surface area contributed by atoms with Gasteiger partial charge in [0.15, 0.2) is 0 Å². The van der Waals surface area contributed by atoms with E-state index in [9.17, 15) is 5.11 Å². The second-order valence-electron chi connectivity index (χ2n) is 3.72. The number of fused-ring (bicyclic) bond motifs is 1. The lowest BCUT2D eigenvalue weighted by atomic mass is 10.1. The summed E-state index contributed by atoms with van der Waals surface area (Å²) >= 11 is 0. The van der Waals surface area contributed by atoms with Crippen molar-refractivity contribution < 1.29 is 27.6 Å². The van der Waals surface area contributed by atoms with Gasteiger partial charge in [0, 0.05) is 23.5 Å². The number of aromatic hydroxyl groups is 1. The summed E-state index contributed by atoms with van der Waals surface area (Å²) < 4.78 is 32.8. The molecule has 0 unspecified atom stereocenters. The average Bonchev–Trinajstić information content (AvgIpc) is 2.66. The largest absolute Gasteiger partial charge is 0.726 e. The lowest BCUT2D eigenvalue weighted by molar-refractivity contribution is -0.446. The van der Waals surface area contributed by atoms with Gasteiger partial charge in [-0.15, -0.1) is 0 Å². The summed E-state index contributed by atoms with van der Waals surface area (Å²) in [7, 11) is -4.92. The Labute approximate surface area is 110 Å². The quantitative estimate of drug-likeness (QED) is 0.334. The normalized spacial score (nSPS) is 10.8. The van der Waals surface area contributed by atoms with E-state index in [4.69, 9.17) is 17.5 Å². The van der Waals surface area contributed by atoms with E-state index in [1.165, 1.54) is 5.56 Å². The van der Waals surface area contributed by atoms with Crippen LogP contribution in [0, 0.1) is 0 Å². The van der Waals surface area contributed by atoms with Gasteiger partial charge in [0.2, 0.25) is 10.4 Å². The van der Waals surface area contributed by atoms with Crippen LogP contribution in [0.4, 0.5) is 0 Å². The van der Waals surface area contributed by atoms with Gasteiger partial charge in [-0.2, -0.15) is 0 Å². The number of hydrogen-bond donors (Lipinski definition) is 4. The van der Waals surface area contributed by atoms with Gasteiger partial charge >= 0.3 is 0 Å². The molecule has 0 bridgehead atoms. The van der Waals surface area contributed by atoms with E-state index in [0.29, 0.717) is 5.75 Å². The molecule has 0 radical (unpaired) electrons. The molecule has 1 aromatic heterocycles. The van der Waals surface area contributed by atoms with E-state index in [2.05, 4.69) is 16.7 Å². The lowest BCUT2D eigenvalue weighted by Gasteiger charge is -1.95. The van der Waals surface area contributed by atoms with Gasteiger partial charge < -0.3 is 14.6 Å². The van der Waals surface area contributed by atoms with E-state index in [0.717, 1.165) is 23.9 Å². The lowest BCUT2D eigenvalue weighted by Crippen LogP contribution is -2.66. The smallest absolute Gasteiger partial charge is 0.215 e. The predicted molar refractivity (Wildman–Crippen MR) is 68.9 cm³/mol. The van der Waals surface area contributed by atoms with E-state index < -0.39 is 10.4 Å². The Morgan fingerprint density at radius 2 is 2.05 bits per heavy atom. The Kier molecular flexibility index (Phi) is 5.04. The number of H-pyrrole nitrogens is 1. The molecule has 0 aliphatic carbocycles. The predicted octanol–water partition coefficient (Wildman–Crippen LogP) is -0.798. The van der Waals surface area contributed by atoms with Gasteiger partial charge in [-0.3, -0.25) is 9.55 Å². The van der Waals surface area contributed by atoms with E-state index in [-0.39, 0.29) is 0 Å². The minimum Gasteiger partial charge on any atom is -0.726 e. The molecule has 0 aliphatic rings. The number of nitrogens with one attached hydrogen (secondary N) is 2. The first-order valence-corrected chi connectivity index (χ1v) is 6.65. The van der Waals surface area contributed by atoms with Crippen LogP contribution in [0.5, 0.6) is 5.75 Å². The molecule has 1 aromatic carbocycles. The van der Waals surface area contributed by atoms with Crippen LogP contribution in [0.3, 0.4) is 0 Å². The highest BCUT2D eigenvalue weighted by Crippen LogP contribution is 2.22. The first-order chi connectivity index (χ1) is 8.81. The Bertz CT molecular complexity index is 655. The van der Waals surface area contributed by atoms with Crippen molar-refractivity contribution in [1.82, 2.24) is 4.98 Å². The number of aromatic amines is 1. The molecule has 0 amide bonds. The standard InChI is InChI=1S/C11H12N2O.H2O4S/c1-12-5-4-8-7-13-11-3-2-9(14)6-10(8)11;1-5(2,3)4/h2-3,6-7,13-14H,1,4-5H2;(H2,1,2,3,4). The fraction of sp³-hybridized carbons (Fsp3) is 0.182. The van der Waals surface area contributed by atoms with Crippen molar-refractivity contribution in [3.05, 3.63) is 30.0 Å². The third-order valence-electron chi connectivity index (χ3n) is 2.32. The summed E-state index contributed by atoms with van der Waals surface area (Å²) in [5.41, 5.74) is 2.26. The molecule has 2 aromatic rings. The molecule has 4 N–H and O–H groups in total. The highest BCUT2D eigenvalue weighted by atomic mass is 32.3. The SMILES string of the molecule is C=[NH+]CCc1c[nH]c2ccc(O)cc12.O=S(=O)([O-])O. The molecule has 0 fully saturated rings. The molecule has 0 aliphatic heterocycles. The minimum atomic E-state index is -4.92. The first-order valence-electron chi connectivity index (χ1n) is 5.28. The first kappa shape index (κ1) is 15.2. The molecule has 2 rings (SSSR count). The van der Waals surface area contributed by atoms with Crippen molar-refractivity contribution in [2.24, 2.45) is 0 Å². The molecular weight excluding hydrogens is 272 g/mol. The summed E-state index contributed by atoms with van der Waals surface area (Å²) in [5, 5.41) is 10.4. The van der Waals surface area contributed by atoms with Crippen molar-refractivity contribution in [1.29, 1.82) is 0 Å². The molecule has 0 atom stereocenters. The molecule has 19 heavy (non-hydrogen) atoms. The zero-order valence-electron chi connectivity index (χ0n) is 9.96. The highest BCUT2D eigenvalue weighted by molar-refractivity contribution is 7.79. The number of aromatic nitrogens is 1. The maximum Gasteiger partial charge on any atom is 0.215 e. The monoisotopic (exact) mass is 286 g/mol. The third kappa shape index (κ3) is 5.51. The van der Waals surface area contributed by atoms with Crippen LogP contribution >= 0.6 is 0 Å². The van der Waals surface area contributed by atoms with Gasteiger partial charge in [-0.05, 0) is 23.8 Å². The van der Waals surface area contributed by atoms with Crippen LogP contribution in [0.1, 0.15) is 5.56 Å². The maximum absolute atomic E-state index is 9.36. The van der Waals surface area contributed by atoms with Gasteiger partial charge in [0.1, 0.15) is 19.0 Å². The van der Waals surface area contributed by atoms with Crippen LogP contribution in [-0.2, 0) is 16.8 Å². The second kappa shape index (κ2) is 6.32. The molecule has 104 valence electrons. The number of rotatable bonds is 3. The fourth-order valence-electron chi connectivity index (χ4n) is 1.60. The van der Waals surface area contributed by atoms with Crippen LogP contribution < -0.4 is 4.99 Å². The van der Waals surface area contributed by atoms with Crippen molar-refractivity contribution in [3.8, 4) is 5.75 Å². The maximum atomic E-state index is 9.36. The molecule has 0 spiro atoms. The van der Waals surface area contributed by atoms with Crippen molar-refractivity contribution in [2.75, 3.05) is 6.54 Å². The van der Waals surface area contributed by atoms with Crippen LogP contribution in [-0.4, -0.2) is 40.9 Å². The Morgan fingerprint density at radius 3 is 2.63 bits per heavy atom. The van der Waals surface area contributed by atoms with E-state index in [1.807, 2.05) is 12.3 Å². The van der Waals surface area contributed by atoms with Crippen LogP contribution in [0.2, 0.25) is 0 Å². The van der Waals surface area contributed by atoms with Crippen molar-refractivity contribution >= 4 is 28.0 Å². The van der Waals surface area contributed by atoms with E-state index in [1.54, 1.807) is 12.1 Å². The third-order valence-corrected chi connectivity index (χ3v) is 2.32. The second-order valence-corrected chi connectivity index (χ2v) is 4.58. The van der Waals surface area contributed by atoms with Crippen LogP contribution in [0.15, 0.2) is 24.4 Å². The van der Waals surface area contributed by atoms with Crippen molar-refractivity contribution in [3.63, 3.8) is 0 Å². The molecule has 0 saturated heterocycles. The summed E-state index contributed by atoms with van der Waals surface area (Å²) in [6, 6.07) is 5.35. The molecule has 1 heterocycles. The zero-order valence-corrected chi connectivity index (χ0v) is 10.8. The van der Waals surface area contributed by atoms with Crippen LogP contribution in [0.25, 0.3) is 10.9 Å². The zero-order chi connectivity index (χ0) is 14.5. The summed E-state index contributed by atoms with van der Waals surface area (Å²) in [6.45, 7) is 4.41. The molecule has 0 saturated carbocycles. The van der Waals surface area contributed by atoms with E-state index >= 15 is 0 Å². The minimum absolute atomic E-state index is 0.306. The number of benzene rings is 1. The van der Waals surface area contributed by atoms with Gasteiger partial charge in [-0.1, -0.05) is 0 Å². The van der Waals surface area contributed by atoms with Gasteiger partial charge in [-0.25, -0.2) is 8.42 Å². The van der Waals surface area contributed by atoms with Crippen molar-refractivity contribution in [2.45, 2.75) is 6.42 Å². The summed E-state index contributed by atoms with van der Waals surface area (Å²) in [6.07, 6.45) is 2.88. The highest BCUT2D eigenvalue weighted by Gasteiger charge is 2.04.